The lowest BCUT2D eigenvalue weighted by Crippen LogP contribution is -2.10. The highest BCUT2D eigenvalue weighted by atomic mass is 16.5. The van der Waals surface area contributed by atoms with E-state index in [1.807, 2.05) is 19.9 Å². The highest BCUT2D eigenvalue weighted by molar-refractivity contribution is 5.52. The third kappa shape index (κ3) is 3.01. The monoisotopic (exact) mass is 321 g/mol. The van der Waals surface area contributed by atoms with E-state index in [1.165, 1.54) is 4.68 Å². The molecule has 0 bridgehead atoms. The van der Waals surface area contributed by atoms with Crippen LogP contribution in [0.3, 0.4) is 0 Å². The fourth-order valence-corrected chi connectivity index (χ4v) is 2.24. The Balaban J connectivity index is 1.95. The van der Waals surface area contributed by atoms with Gasteiger partial charge in [0.1, 0.15) is 12.7 Å². The van der Waals surface area contributed by atoms with Crippen LogP contribution in [0.25, 0.3) is 5.82 Å². The molecule has 0 radical (unpaired) electrons. The van der Waals surface area contributed by atoms with Crippen molar-refractivity contribution < 1.29 is 4.74 Å². The molecular formula is C16H15N7O. The molecule has 120 valence electrons. The number of nitrogens with zero attached hydrogens (tertiary/aromatic N) is 6. The van der Waals surface area contributed by atoms with Crippen LogP contribution in [0.15, 0.2) is 30.7 Å². The summed E-state index contributed by atoms with van der Waals surface area (Å²) in [6.07, 6.45) is 5.01. The van der Waals surface area contributed by atoms with Gasteiger partial charge in [0.2, 0.25) is 11.8 Å². The maximum absolute atomic E-state index is 9.47. The number of nitriles is 1. The van der Waals surface area contributed by atoms with Gasteiger partial charge in [0, 0.05) is 18.6 Å². The Morgan fingerprint density at radius 1 is 1.33 bits per heavy atom. The molecule has 24 heavy (non-hydrogen) atoms. The van der Waals surface area contributed by atoms with Crippen molar-refractivity contribution >= 4 is 5.95 Å². The molecule has 0 aliphatic heterocycles. The number of rotatable bonds is 4. The van der Waals surface area contributed by atoms with Crippen molar-refractivity contribution in [3.8, 4) is 17.8 Å². The molecule has 8 heteroatoms. The summed E-state index contributed by atoms with van der Waals surface area (Å²) in [5.74, 6) is 0.388. The molecule has 8 nitrogen and oxygen atoms in total. The van der Waals surface area contributed by atoms with Crippen molar-refractivity contribution in [2.45, 2.75) is 20.5 Å². The van der Waals surface area contributed by atoms with E-state index in [-0.39, 0.29) is 29.8 Å². The quantitative estimate of drug-likeness (QED) is 0.777. The van der Waals surface area contributed by atoms with Gasteiger partial charge in [0.05, 0.1) is 5.69 Å². The van der Waals surface area contributed by atoms with Crippen LogP contribution in [0.4, 0.5) is 5.95 Å². The molecule has 0 aliphatic rings. The summed E-state index contributed by atoms with van der Waals surface area (Å²) in [6.45, 7) is 4.10. The van der Waals surface area contributed by atoms with Crippen LogP contribution < -0.4 is 10.5 Å². The molecule has 0 fully saturated rings. The Morgan fingerprint density at radius 2 is 2.17 bits per heavy atom. The van der Waals surface area contributed by atoms with E-state index in [1.54, 1.807) is 24.7 Å². The van der Waals surface area contributed by atoms with Gasteiger partial charge in [-0.05, 0) is 31.0 Å². The molecule has 3 heterocycles. The fraction of sp³-hybridized carbons (Fsp3) is 0.188. The van der Waals surface area contributed by atoms with Gasteiger partial charge in [-0.25, -0.2) is 4.68 Å². The number of aryl methyl sites for hydroxylation is 2. The van der Waals surface area contributed by atoms with E-state index >= 15 is 0 Å². The molecule has 0 saturated carbocycles. The molecule has 2 N–H and O–H groups in total. The second-order valence-corrected chi connectivity index (χ2v) is 5.21. The summed E-state index contributed by atoms with van der Waals surface area (Å²) in [6, 6.07) is 5.79. The van der Waals surface area contributed by atoms with Crippen molar-refractivity contribution in [3.63, 3.8) is 0 Å². The molecule has 0 spiro atoms. The number of nitrogen functional groups attached to an aromatic ring is 1. The van der Waals surface area contributed by atoms with Crippen molar-refractivity contribution in [1.82, 2.24) is 24.7 Å². The van der Waals surface area contributed by atoms with Crippen LogP contribution in [0, 0.1) is 25.2 Å². The van der Waals surface area contributed by atoms with Crippen LogP contribution in [-0.2, 0) is 6.61 Å². The number of hydrogen-bond acceptors (Lipinski definition) is 7. The summed E-state index contributed by atoms with van der Waals surface area (Å²) < 4.78 is 7.14. The molecule has 0 saturated heterocycles. The van der Waals surface area contributed by atoms with E-state index in [0.29, 0.717) is 0 Å². The summed E-state index contributed by atoms with van der Waals surface area (Å²) in [5.41, 5.74) is 8.74. The van der Waals surface area contributed by atoms with Gasteiger partial charge < -0.3 is 10.5 Å². The lowest BCUT2D eigenvalue weighted by Gasteiger charge is -2.11. The standard InChI is InChI=1S/C16H15N7O/c1-10-6-11(2)13(19-8-10)9-24-15-12(7-17)14(21-16(18)22-15)23-5-3-4-20-23/h3-6,8H,9H2,1-2H3,(H2,18,21,22). The zero-order valence-electron chi connectivity index (χ0n) is 13.3. The second-order valence-electron chi connectivity index (χ2n) is 5.21. The molecule has 0 amide bonds. The Bertz CT molecular complexity index is 913. The Morgan fingerprint density at radius 3 is 2.83 bits per heavy atom. The predicted octanol–water partition coefficient (Wildman–Crippen LogP) is 1.71. The first kappa shape index (κ1) is 15.4. The predicted molar refractivity (Wildman–Crippen MR) is 86.3 cm³/mol. The number of anilines is 1. The second kappa shape index (κ2) is 6.34. The number of ether oxygens (including phenoxy) is 1. The van der Waals surface area contributed by atoms with Gasteiger partial charge in [-0.2, -0.15) is 20.3 Å². The topological polar surface area (TPSA) is 116 Å². The van der Waals surface area contributed by atoms with Crippen molar-refractivity contribution in [3.05, 3.63) is 53.1 Å². The minimum absolute atomic E-state index is 0.00286. The first-order valence-corrected chi connectivity index (χ1v) is 7.21. The first-order valence-electron chi connectivity index (χ1n) is 7.21. The van der Waals surface area contributed by atoms with Crippen molar-refractivity contribution in [1.29, 1.82) is 5.26 Å². The minimum atomic E-state index is 0.00286. The van der Waals surface area contributed by atoms with Crippen LogP contribution >= 0.6 is 0 Å². The largest absolute Gasteiger partial charge is 0.470 e. The summed E-state index contributed by atoms with van der Waals surface area (Å²) >= 11 is 0. The molecule has 0 atom stereocenters. The van der Waals surface area contributed by atoms with Gasteiger partial charge in [-0.15, -0.1) is 0 Å². The molecule has 0 aliphatic carbocycles. The molecule has 3 aromatic heterocycles. The van der Waals surface area contributed by atoms with E-state index in [0.717, 1.165) is 16.8 Å². The Kier molecular flexibility index (Phi) is 4.07. The third-order valence-electron chi connectivity index (χ3n) is 3.38. The van der Waals surface area contributed by atoms with Gasteiger partial charge in [0.15, 0.2) is 11.4 Å². The van der Waals surface area contributed by atoms with Crippen LogP contribution in [-0.4, -0.2) is 24.7 Å². The SMILES string of the molecule is Cc1cnc(COc2nc(N)nc(-n3cccn3)c2C#N)c(C)c1. The highest BCUT2D eigenvalue weighted by Gasteiger charge is 2.17. The van der Waals surface area contributed by atoms with Crippen LogP contribution in [0.1, 0.15) is 22.4 Å². The fourth-order valence-electron chi connectivity index (χ4n) is 2.24. The lowest BCUT2D eigenvalue weighted by molar-refractivity contribution is 0.287. The van der Waals surface area contributed by atoms with Gasteiger partial charge >= 0.3 is 0 Å². The molecular weight excluding hydrogens is 306 g/mol. The Hall–Kier alpha value is -3.47. The average molecular weight is 321 g/mol. The van der Waals surface area contributed by atoms with Crippen LogP contribution in [0.2, 0.25) is 0 Å². The smallest absolute Gasteiger partial charge is 0.239 e. The van der Waals surface area contributed by atoms with Gasteiger partial charge in [-0.3, -0.25) is 4.98 Å². The summed E-state index contributed by atoms with van der Waals surface area (Å²) in [4.78, 5) is 12.5. The average Bonchev–Trinajstić information content (AvgIpc) is 3.07. The normalized spacial score (nSPS) is 10.4. The maximum Gasteiger partial charge on any atom is 0.239 e. The van der Waals surface area contributed by atoms with Crippen LogP contribution in [0.5, 0.6) is 5.88 Å². The maximum atomic E-state index is 9.47. The van der Waals surface area contributed by atoms with E-state index < -0.39 is 0 Å². The molecule has 0 aromatic carbocycles. The zero-order chi connectivity index (χ0) is 17.1. The lowest BCUT2D eigenvalue weighted by atomic mass is 10.2. The highest BCUT2D eigenvalue weighted by Crippen LogP contribution is 2.23. The number of aromatic nitrogens is 5. The van der Waals surface area contributed by atoms with Gasteiger partial charge in [-0.1, -0.05) is 6.07 Å². The number of hydrogen-bond donors (Lipinski definition) is 1. The van der Waals surface area contributed by atoms with Gasteiger partial charge in [0.25, 0.3) is 0 Å². The zero-order valence-corrected chi connectivity index (χ0v) is 13.3. The van der Waals surface area contributed by atoms with E-state index in [4.69, 9.17) is 10.5 Å². The van der Waals surface area contributed by atoms with E-state index in [9.17, 15) is 5.26 Å². The van der Waals surface area contributed by atoms with E-state index in [2.05, 4.69) is 26.1 Å². The molecule has 0 unspecified atom stereocenters. The summed E-state index contributed by atoms with van der Waals surface area (Å²) in [7, 11) is 0. The number of pyridine rings is 1. The summed E-state index contributed by atoms with van der Waals surface area (Å²) in [5, 5.41) is 13.5. The number of nitrogens with two attached hydrogens (primary N) is 1. The minimum Gasteiger partial charge on any atom is -0.470 e. The first-order chi connectivity index (χ1) is 11.6. The van der Waals surface area contributed by atoms with Crippen molar-refractivity contribution in [2.75, 3.05) is 5.73 Å². The molecule has 3 rings (SSSR count). The third-order valence-corrected chi connectivity index (χ3v) is 3.38. The Labute approximate surface area is 138 Å². The molecule has 3 aromatic rings. The van der Waals surface area contributed by atoms with Crippen molar-refractivity contribution in [2.24, 2.45) is 0 Å².